The summed E-state index contributed by atoms with van der Waals surface area (Å²) in [6, 6.07) is 17.4. The summed E-state index contributed by atoms with van der Waals surface area (Å²) in [6.45, 7) is 4.21. The minimum absolute atomic E-state index is 0.221. The van der Waals surface area contributed by atoms with Crippen molar-refractivity contribution in [1.29, 1.82) is 0 Å². The number of hydrogen-bond acceptors (Lipinski definition) is 6. The largest absolute Gasteiger partial charge is 0.368 e. The van der Waals surface area contributed by atoms with Crippen molar-refractivity contribution < 1.29 is 10.2 Å². The van der Waals surface area contributed by atoms with Gasteiger partial charge in [0.2, 0.25) is 0 Å². The molecule has 2 heterocycles. The van der Waals surface area contributed by atoms with Crippen LogP contribution >= 0.6 is 0 Å². The van der Waals surface area contributed by atoms with Gasteiger partial charge in [-0.05, 0) is 60.4 Å². The van der Waals surface area contributed by atoms with Gasteiger partial charge in [0.25, 0.3) is 0 Å². The molecule has 4 N–H and O–H groups in total. The minimum Gasteiger partial charge on any atom is -0.368 e. The van der Waals surface area contributed by atoms with Gasteiger partial charge in [-0.3, -0.25) is 0 Å². The third-order valence-corrected chi connectivity index (χ3v) is 6.61. The molecule has 2 aromatic carbocycles. The smallest absolute Gasteiger partial charge is 0.178 e. The molecule has 3 atom stereocenters. The lowest BCUT2D eigenvalue weighted by molar-refractivity contribution is -0.0943. The van der Waals surface area contributed by atoms with Crippen molar-refractivity contribution in [3.63, 3.8) is 0 Å². The standard InChI is InChI=1S/C25H33N5O2/c1-2-5-22(25(31)32)23(24-27-29-30-28-24)14-17-9-11-18(12-10-17)19-6-3-7-20(15-19)21-8-4-13-26-16-21/h3,6-7,9-12,15,21-23,25-26,31-32H,2,4-5,8,13-14,16H2,1H3,(H,27,28,29,30)/t21?,22-,23-/m0/s1. The molecule has 0 saturated carbocycles. The molecule has 0 spiro atoms. The van der Waals surface area contributed by atoms with E-state index in [0.717, 1.165) is 25.1 Å². The Morgan fingerprint density at radius 3 is 2.59 bits per heavy atom. The number of aromatic amines is 1. The number of benzene rings is 2. The molecule has 7 nitrogen and oxygen atoms in total. The molecule has 0 bridgehead atoms. The Morgan fingerprint density at radius 2 is 1.94 bits per heavy atom. The van der Waals surface area contributed by atoms with Crippen LogP contribution in [0.5, 0.6) is 0 Å². The summed E-state index contributed by atoms with van der Waals surface area (Å²) >= 11 is 0. The average Bonchev–Trinajstić information content (AvgIpc) is 3.37. The number of hydrogen-bond donors (Lipinski definition) is 4. The van der Waals surface area contributed by atoms with Crippen LogP contribution in [0.15, 0.2) is 48.5 Å². The number of H-pyrrole nitrogens is 1. The third kappa shape index (κ3) is 5.41. The zero-order valence-corrected chi connectivity index (χ0v) is 18.6. The molecule has 1 aliphatic rings. The second-order valence-electron chi connectivity index (χ2n) is 8.81. The monoisotopic (exact) mass is 435 g/mol. The van der Waals surface area contributed by atoms with Crippen molar-refractivity contribution >= 4 is 0 Å². The van der Waals surface area contributed by atoms with Crippen molar-refractivity contribution in [2.24, 2.45) is 5.92 Å². The number of rotatable bonds is 9. The fraction of sp³-hybridized carbons (Fsp3) is 0.480. The van der Waals surface area contributed by atoms with Gasteiger partial charge in [0.05, 0.1) is 0 Å². The van der Waals surface area contributed by atoms with E-state index in [1.54, 1.807) is 0 Å². The van der Waals surface area contributed by atoms with E-state index in [2.05, 4.69) is 74.5 Å². The molecule has 7 heteroatoms. The highest BCUT2D eigenvalue weighted by atomic mass is 16.5. The van der Waals surface area contributed by atoms with E-state index in [0.29, 0.717) is 24.6 Å². The van der Waals surface area contributed by atoms with Crippen molar-refractivity contribution in [1.82, 2.24) is 25.9 Å². The Kier molecular flexibility index (Phi) is 7.63. The summed E-state index contributed by atoms with van der Waals surface area (Å²) < 4.78 is 0. The molecule has 1 unspecified atom stereocenters. The molecule has 4 rings (SSSR count). The van der Waals surface area contributed by atoms with Crippen LogP contribution in [-0.2, 0) is 6.42 Å². The topological polar surface area (TPSA) is 107 Å². The van der Waals surface area contributed by atoms with Crippen LogP contribution in [0.4, 0.5) is 0 Å². The molecule has 32 heavy (non-hydrogen) atoms. The lowest BCUT2D eigenvalue weighted by Gasteiger charge is -2.26. The Balaban J connectivity index is 1.52. The lowest BCUT2D eigenvalue weighted by Crippen LogP contribution is -2.28. The van der Waals surface area contributed by atoms with Gasteiger partial charge < -0.3 is 15.5 Å². The number of nitrogens with one attached hydrogen (secondary N) is 2. The third-order valence-electron chi connectivity index (χ3n) is 6.61. The maximum absolute atomic E-state index is 9.98. The highest BCUT2D eigenvalue weighted by Gasteiger charge is 2.31. The molecule has 170 valence electrons. The van der Waals surface area contributed by atoms with Crippen LogP contribution in [0.2, 0.25) is 0 Å². The molecular formula is C25H33N5O2. The van der Waals surface area contributed by atoms with E-state index < -0.39 is 6.29 Å². The summed E-state index contributed by atoms with van der Waals surface area (Å²) in [5.74, 6) is 0.535. The number of tetrazole rings is 1. The second-order valence-corrected chi connectivity index (χ2v) is 8.81. The van der Waals surface area contributed by atoms with E-state index in [4.69, 9.17) is 0 Å². The molecule has 1 fully saturated rings. The Hall–Kier alpha value is -2.61. The highest BCUT2D eigenvalue weighted by Crippen LogP contribution is 2.33. The average molecular weight is 436 g/mol. The van der Waals surface area contributed by atoms with Gasteiger partial charge in [0.1, 0.15) is 0 Å². The van der Waals surface area contributed by atoms with Crippen LogP contribution in [-0.4, -0.2) is 50.2 Å². The van der Waals surface area contributed by atoms with Crippen molar-refractivity contribution in [2.75, 3.05) is 13.1 Å². The Bertz CT molecular complexity index is 953. The number of nitrogens with zero attached hydrogens (tertiary/aromatic N) is 3. The van der Waals surface area contributed by atoms with E-state index >= 15 is 0 Å². The van der Waals surface area contributed by atoms with E-state index in [1.165, 1.54) is 29.5 Å². The summed E-state index contributed by atoms with van der Waals surface area (Å²) in [5.41, 5.74) is 4.92. The van der Waals surface area contributed by atoms with Gasteiger partial charge in [0.15, 0.2) is 12.1 Å². The van der Waals surface area contributed by atoms with Crippen LogP contribution in [0, 0.1) is 5.92 Å². The number of aliphatic hydroxyl groups excluding tert-OH is 1. The van der Waals surface area contributed by atoms with Crippen LogP contribution < -0.4 is 5.32 Å². The molecule has 1 aliphatic heterocycles. The fourth-order valence-electron chi connectivity index (χ4n) is 4.85. The van der Waals surface area contributed by atoms with E-state index in [1.807, 2.05) is 6.92 Å². The van der Waals surface area contributed by atoms with E-state index in [-0.39, 0.29) is 11.8 Å². The molecule has 0 aliphatic carbocycles. The Labute approximate surface area is 189 Å². The van der Waals surface area contributed by atoms with Gasteiger partial charge in [-0.15, -0.1) is 10.2 Å². The molecule has 0 amide bonds. The summed E-state index contributed by atoms with van der Waals surface area (Å²) in [4.78, 5) is 0. The normalized spacial score (nSPS) is 18.6. The highest BCUT2D eigenvalue weighted by molar-refractivity contribution is 5.64. The summed E-state index contributed by atoms with van der Waals surface area (Å²) in [5, 5.41) is 37.9. The van der Waals surface area contributed by atoms with Crippen molar-refractivity contribution in [3.05, 3.63) is 65.5 Å². The number of aromatic nitrogens is 4. The van der Waals surface area contributed by atoms with Crippen molar-refractivity contribution in [2.45, 2.75) is 57.2 Å². The quantitative estimate of drug-likeness (QED) is 0.384. The first-order chi connectivity index (χ1) is 15.7. The second kappa shape index (κ2) is 10.8. The van der Waals surface area contributed by atoms with Gasteiger partial charge in [0, 0.05) is 18.4 Å². The van der Waals surface area contributed by atoms with Crippen molar-refractivity contribution in [3.8, 4) is 11.1 Å². The Morgan fingerprint density at radius 1 is 1.09 bits per heavy atom. The number of piperidine rings is 1. The summed E-state index contributed by atoms with van der Waals surface area (Å²) in [7, 11) is 0. The first-order valence-electron chi connectivity index (χ1n) is 11.6. The first-order valence-corrected chi connectivity index (χ1v) is 11.6. The molecule has 1 aromatic heterocycles. The molecule has 3 aromatic rings. The zero-order chi connectivity index (χ0) is 22.3. The van der Waals surface area contributed by atoms with Gasteiger partial charge in [-0.2, -0.15) is 5.21 Å². The van der Waals surface area contributed by atoms with Crippen LogP contribution in [0.3, 0.4) is 0 Å². The SMILES string of the molecule is CCC[C@H](C(O)O)[C@H](Cc1ccc(-c2cccc(C3CCCNC3)c2)cc1)c1nn[nH]n1. The maximum Gasteiger partial charge on any atom is 0.178 e. The first kappa shape index (κ1) is 22.6. The predicted molar refractivity (Wildman–Crippen MR) is 124 cm³/mol. The molecular weight excluding hydrogens is 402 g/mol. The molecule has 0 radical (unpaired) electrons. The molecule has 1 saturated heterocycles. The fourth-order valence-corrected chi connectivity index (χ4v) is 4.85. The zero-order valence-electron chi connectivity index (χ0n) is 18.6. The number of aliphatic hydroxyl groups is 2. The van der Waals surface area contributed by atoms with Gasteiger partial charge >= 0.3 is 0 Å². The van der Waals surface area contributed by atoms with Gasteiger partial charge in [-0.25, -0.2) is 0 Å². The van der Waals surface area contributed by atoms with Gasteiger partial charge in [-0.1, -0.05) is 67.1 Å². The minimum atomic E-state index is -1.42. The predicted octanol–water partition coefficient (Wildman–Crippen LogP) is 3.39. The van der Waals surface area contributed by atoms with Crippen LogP contribution in [0.1, 0.15) is 61.4 Å². The van der Waals surface area contributed by atoms with Crippen LogP contribution in [0.25, 0.3) is 11.1 Å². The van der Waals surface area contributed by atoms with E-state index in [9.17, 15) is 10.2 Å². The lowest BCUT2D eigenvalue weighted by atomic mass is 9.82. The maximum atomic E-state index is 9.98. The summed E-state index contributed by atoms with van der Waals surface area (Å²) in [6.07, 6.45) is 3.19.